The Hall–Kier alpha value is -2.31. The van der Waals surface area contributed by atoms with Crippen molar-refractivity contribution < 1.29 is 0 Å². The van der Waals surface area contributed by atoms with Crippen LogP contribution in [-0.4, -0.2) is 18.9 Å². The molecule has 0 aliphatic carbocycles. The van der Waals surface area contributed by atoms with Crippen LogP contribution in [-0.2, 0) is 27.7 Å². The number of nitrogens with zero attached hydrogens (tertiary/aromatic N) is 4. The molecule has 0 aromatic carbocycles. The van der Waals surface area contributed by atoms with Gasteiger partial charge in [-0.1, -0.05) is 0 Å². The summed E-state index contributed by atoms with van der Waals surface area (Å²) in [5, 5.41) is 7.39. The Morgan fingerprint density at radius 2 is 1.89 bits per heavy atom. The largest absolute Gasteiger partial charge is 0.377 e. The number of hydrogen-bond acceptors (Lipinski definition) is 4. The van der Waals surface area contributed by atoms with Gasteiger partial charge in [-0.3, -0.25) is 18.6 Å². The Balaban J connectivity index is 2.28. The van der Waals surface area contributed by atoms with Gasteiger partial charge in [0.15, 0.2) is 0 Å². The van der Waals surface area contributed by atoms with Gasteiger partial charge in [-0.25, -0.2) is 4.79 Å². The van der Waals surface area contributed by atoms with Crippen LogP contribution in [0.15, 0.2) is 21.9 Å². The molecular weight excluding hydrogens is 246 g/mol. The number of aromatic nitrogens is 4. The Morgan fingerprint density at radius 1 is 1.21 bits per heavy atom. The molecule has 2 aromatic heterocycles. The lowest BCUT2D eigenvalue weighted by Crippen LogP contribution is -2.38. The Kier molecular flexibility index (Phi) is 3.28. The molecular formula is C12H17N5O2. The predicted molar refractivity (Wildman–Crippen MR) is 72.2 cm³/mol. The van der Waals surface area contributed by atoms with Crippen LogP contribution in [0.2, 0.25) is 0 Å². The lowest BCUT2D eigenvalue weighted by molar-refractivity contribution is 0.655. The third-order valence-electron chi connectivity index (χ3n) is 3.10. The molecule has 7 nitrogen and oxygen atoms in total. The van der Waals surface area contributed by atoms with Crippen LogP contribution in [0.25, 0.3) is 0 Å². The number of nitrogens with one attached hydrogen (secondary N) is 1. The highest BCUT2D eigenvalue weighted by Crippen LogP contribution is 2.12. The molecule has 1 N–H and O–H groups in total. The maximum Gasteiger partial charge on any atom is 0.330 e. The Bertz CT molecular complexity index is 723. The summed E-state index contributed by atoms with van der Waals surface area (Å²) in [5.41, 5.74) is 1.76. The van der Waals surface area contributed by atoms with Crippen molar-refractivity contribution in [2.24, 2.45) is 21.1 Å². The lowest BCUT2D eigenvalue weighted by Gasteiger charge is -2.10. The summed E-state index contributed by atoms with van der Waals surface area (Å²) < 4.78 is 4.25. The smallest absolute Gasteiger partial charge is 0.330 e. The van der Waals surface area contributed by atoms with Crippen LogP contribution in [0.1, 0.15) is 11.4 Å². The van der Waals surface area contributed by atoms with Gasteiger partial charge in [-0.15, -0.1) is 0 Å². The van der Waals surface area contributed by atoms with E-state index in [-0.39, 0.29) is 11.2 Å². The normalized spacial score (nSPS) is 10.7. The average Bonchev–Trinajstić information content (AvgIpc) is 2.68. The van der Waals surface area contributed by atoms with E-state index in [2.05, 4.69) is 10.4 Å². The van der Waals surface area contributed by atoms with E-state index in [1.807, 2.05) is 20.2 Å². The molecule has 0 bridgehead atoms. The van der Waals surface area contributed by atoms with Gasteiger partial charge in [0, 0.05) is 39.1 Å². The number of hydrogen-bond donors (Lipinski definition) is 1. The lowest BCUT2D eigenvalue weighted by atomic mass is 10.3. The van der Waals surface area contributed by atoms with E-state index in [0.29, 0.717) is 12.2 Å². The number of rotatable bonds is 3. The van der Waals surface area contributed by atoms with Crippen molar-refractivity contribution in [3.05, 3.63) is 44.5 Å². The maximum atomic E-state index is 11.8. The first-order valence-corrected chi connectivity index (χ1v) is 5.90. The van der Waals surface area contributed by atoms with E-state index < -0.39 is 0 Å². The standard InChI is InChI=1S/C12H17N5O2/c1-8-10(7-15(2)14-8)13-6-9-5-11(18)17(4)12(19)16(9)3/h5,7,13H,6H2,1-4H3. The molecule has 7 heteroatoms. The second-order valence-corrected chi connectivity index (χ2v) is 4.53. The van der Waals surface area contributed by atoms with Gasteiger partial charge in [0.25, 0.3) is 5.56 Å². The monoisotopic (exact) mass is 263 g/mol. The third-order valence-corrected chi connectivity index (χ3v) is 3.10. The molecule has 0 fully saturated rings. The predicted octanol–water partition coefficient (Wildman–Crippen LogP) is -0.262. The summed E-state index contributed by atoms with van der Waals surface area (Å²) in [6.07, 6.45) is 1.86. The van der Waals surface area contributed by atoms with Crippen LogP contribution in [0.3, 0.4) is 0 Å². The van der Waals surface area contributed by atoms with Crippen molar-refractivity contribution in [1.82, 2.24) is 18.9 Å². The van der Waals surface area contributed by atoms with Crippen molar-refractivity contribution in [3.63, 3.8) is 0 Å². The quantitative estimate of drug-likeness (QED) is 0.828. The van der Waals surface area contributed by atoms with Gasteiger partial charge in [0.05, 0.1) is 17.9 Å². The van der Waals surface area contributed by atoms with E-state index in [9.17, 15) is 9.59 Å². The van der Waals surface area contributed by atoms with Gasteiger partial charge in [0.2, 0.25) is 0 Å². The molecule has 102 valence electrons. The summed E-state index contributed by atoms with van der Waals surface area (Å²) in [6.45, 7) is 2.29. The molecule has 0 saturated heterocycles. The summed E-state index contributed by atoms with van der Waals surface area (Å²) in [5.74, 6) is 0. The molecule has 2 rings (SSSR count). The van der Waals surface area contributed by atoms with Gasteiger partial charge in [0.1, 0.15) is 0 Å². The van der Waals surface area contributed by atoms with Crippen molar-refractivity contribution in [2.45, 2.75) is 13.5 Å². The zero-order chi connectivity index (χ0) is 14.2. The minimum absolute atomic E-state index is 0.303. The van der Waals surface area contributed by atoms with Gasteiger partial charge in [-0.05, 0) is 6.92 Å². The molecule has 0 amide bonds. The number of aryl methyl sites for hydroxylation is 2. The average molecular weight is 263 g/mol. The van der Waals surface area contributed by atoms with Gasteiger partial charge >= 0.3 is 5.69 Å². The summed E-state index contributed by atoms with van der Waals surface area (Å²) in [6, 6.07) is 1.46. The second kappa shape index (κ2) is 4.75. The Labute approximate surface area is 110 Å². The highest BCUT2D eigenvalue weighted by atomic mass is 16.2. The van der Waals surface area contributed by atoms with Crippen molar-refractivity contribution >= 4 is 5.69 Å². The fourth-order valence-electron chi connectivity index (χ4n) is 1.91. The molecule has 0 atom stereocenters. The molecule has 2 heterocycles. The van der Waals surface area contributed by atoms with Crippen molar-refractivity contribution in [3.8, 4) is 0 Å². The minimum Gasteiger partial charge on any atom is -0.377 e. The second-order valence-electron chi connectivity index (χ2n) is 4.53. The summed E-state index contributed by atoms with van der Waals surface area (Å²) in [7, 11) is 4.95. The van der Waals surface area contributed by atoms with E-state index in [1.165, 1.54) is 17.7 Å². The van der Waals surface area contributed by atoms with E-state index in [1.54, 1.807) is 11.7 Å². The molecule has 0 aliphatic rings. The van der Waals surface area contributed by atoms with Crippen molar-refractivity contribution in [1.29, 1.82) is 0 Å². The fraction of sp³-hybridized carbons (Fsp3) is 0.417. The molecule has 0 radical (unpaired) electrons. The van der Waals surface area contributed by atoms with E-state index >= 15 is 0 Å². The maximum absolute atomic E-state index is 11.8. The first kappa shape index (κ1) is 13.1. The van der Waals surface area contributed by atoms with E-state index in [4.69, 9.17) is 0 Å². The molecule has 0 unspecified atom stereocenters. The molecule has 2 aromatic rings. The molecule has 0 aliphatic heterocycles. The first-order valence-electron chi connectivity index (χ1n) is 5.90. The highest BCUT2D eigenvalue weighted by Gasteiger charge is 2.07. The van der Waals surface area contributed by atoms with Gasteiger partial charge in [-0.2, -0.15) is 5.10 Å². The van der Waals surface area contributed by atoms with Crippen molar-refractivity contribution in [2.75, 3.05) is 5.32 Å². The molecule has 0 saturated carbocycles. The number of anilines is 1. The van der Waals surface area contributed by atoms with E-state index in [0.717, 1.165) is 15.9 Å². The van der Waals surface area contributed by atoms with Crippen LogP contribution in [0.4, 0.5) is 5.69 Å². The van der Waals surface area contributed by atoms with Gasteiger partial charge < -0.3 is 5.32 Å². The SMILES string of the molecule is Cc1nn(C)cc1NCc1cc(=O)n(C)c(=O)n1C. The van der Waals surface area contributed by atoms with Crippen LogP contribution in [0.5, 0.6) is 0 Å². The van der Waals surface area contributed by atoms with Crippen LogP contribution >= 0.6 is 0 Å². The van der Waals surface area contributed by atoms with Crippen LogP contribution < -0.4 is 16.6 Å². The Morgan fingerprint density at radius 3 is 2.47 bits per heavy atom. The molecule has 19 heavy (non-hydrogen) atoms. The summed E-state index contributed by atoms with van der Waals surface area (Å²) >= 11 is 0. The van der Waals surface area contributed by atoms with Crippen LogP contribution in [0, 0.1) is 6.92 Å². The zero-order valence-electron chi connectivity index (χ0n) is 11.5. The first-order chi connectivity index (χ1) is 8.90. The minimum atomic E-state index is -0.327. The molecule has 0 spiro atoms. The fourth-order valence-corrected chi connectivity index (χ4v) is 1.91. The zero-order valence-corrected chi connectivity index (χ0v) is 11.5. The summed E-state index contributed by atoms with van der Waals surface area (Å²) in [4.78, 5) is 23.4. The highest BCUT2D eigenvalue weighted by molar-refractivity contribution is 5.45. The third kappa shape index (κ3) is 2.44. The topological polar surface area (TPSA) is 73.8 Å².